The molecule has 0 saturated carbocycles. The predicted octanol–water partition coefficient (Wildman–Crippen LogP) is 4.63. The van der Waals surface area contributed by atoms with E-state index < -0.39 is 11.7 Å². The maximum atomic E-state index is 13.7. The van der Waals surface area contributed by atoms with E-state index in [1.807, 2.05) is 0 Å². The van der Waals surface area contributed by atoms with Crippen LogP contribution in [0, 0.1) is 0 Å². The number of rotatable bonds is 1. The highest BCUT2D eigenvalue weighted by atomic mass is 32.1. The van der Waals surface area contributed by atoms with Gasteiger partial charge in [-0.15, -0.1) is 22.7 Å². The van der Waals surface area contributed by atoms with Gasteiger partial charge in [0.2, 0.25) is 0 Å². The number of hydrogen-bond donors (Lipinski definition) is 0. The summed E-state index contributed by atoms with van der Waals surface area (Å²) < 4.78 is 43.1. The first-order chi connectivity index (χ1) is 12.0. The lowest BCUT2D eigenvalue weighted by molar-refractivity contribution is -0.136. The zero-order chi connectivity index (χ0) is 17.2. The van der Waals surface area contributed by atoms with Crippen molar-refractivity contribution in [3.05, 3.63) is 41.8 Å². The molecule has 0 atom stereocenters. The molecule has 5 aromatic rings. The van der Waals surface area contributed by atoms with Crippen LogP contribution >= 0.6 is 22.7 Å². The van der Waals surface area contributed by atoms with Crippen molar-refractivity contribution < 1.29 is 13.2 Å². The van der Waals surface area contributed by atoms with Gasteiger partial charge in [0.1, 0.15) is 22.2 Å². The third-order valence-electron chi connectivity index (χ3n) is 3.79. The number of nitrogens with zero attached hydrogens (tertiary/aromatic N) is 5. The summed E-state index contributed by atoms with van der Waals surface area (Å²) in [6.07, 6.45) is -1.80. The summed E-state index contributed by atoms with van der Waals surface area (Å²) in [6, 6.07) is 4.63. The van der Waals surface area contributed by atoms with Crippen LogP contribution in [0.15, 0.2) is 36.2 Å². The molecule has 0 fully saturated rings. The SMILES string of the molecule is FC(F)(F)c1cc(-c2cccs2)nc2sc3c(ncn4ncnc34)c12. The monoisotopic (exact) mass is 377 g/mol. The standard InChI is InChI=1S/C15H6F3N5S2/c16-15(17,18)7-4-8(9-2-1-3-24-9)22-14-10(7)11-12(25-14)13-19-5-21-23(13)6-20-11/h1-6H. The molecule has 0 saturated heterocycles. The number of alkyl halides is 3. The Kier molecular flexibility index (Phi) is 2.92. The molecule has 0 radical (unpaired) electrons. The number of pyridine rings is 1. The van der Waals surface area contributed by atoms with Crippen LogP contribution in [0.2, 0.25) is 0 Å². The van der Waals surface area contributed by atoms with E-state index in [1.54, 1.807) is 17.5 Å². The Labute approximate surface area is 145 Å². The zero-order valence-corrected chi connectivity index (χ0v) is 13.8. The van der Waals surface area contributed by atoms with E-state index in [-0.39, 0.29) is 15.7 Å². The fraction of sp³-hybridized carbons (Fsp3) is 0.0667. The topological polar surface area (TPSA) is 56.0 Å². The molecular weight excluding hydrogens is 371 g/mol. The highest BCUT2D eigenvalue weighted by molar-refractivity contribution is 7.26. The van der Waals surface area contributed by atoms with Crippen LogP contribution in [0.3, 0.4) is 0 Å². The van der Waals surface area contributed by atoms with Crippen molar-refractivity contribution in [1.82, 2.24) is 24.6 Å². The van der Waals surface area contributed by atoms with Crippen molar-refractivity contribution in [2.75, 3.05) is 0 Å². The first-order valence-corrected chi connectivity index (χ1v) is 8.74. The highest BCUT2D eigenvalue weighted by Gasteiger charge is 2.35. The third kappa shape index (κ3) is 2.14. The van der Waals surface area contributed by atoms with Gasteiger partial charge >= 0.3 is 6.18 Å². The van der Waals surface area contributed by atoms with E-state index in [2.05, 4.69) is 20.1 Å². The molecule has 0 N–H and O–H groups in total. The largest absolute Gasteiger partial charge is 0.417 e. The fourth-order valence-corrected chi connectivity index (χ4v) is 4.56. The Hall–Kier alpha value is -2.59. The highest BCUT2D eigenvalue weighted by Crippen LogP contribution is 2.43. The molecule has 5 aromatic heterocycles. The van der Waals surface area contributed by atoms with E-state index in [0.29, 0.717) is 20.9 Å². The molecule has 0 amide bonds. The van der Waals surface area contributed by atoms with Crippen molar-refractivity contribution in [2.24, 2.45) is 0 Å². The predicted molar refractivity (Wildman–Crippen MR) is 89.8 cm³/mol. The Bertz CT molecular complexity index is 1240. The van der Waals surface area contributed by atoms with Gasteiger partial charge in [0.15, 0.2) is 5.65 Å². The maximum Gasteiger partial charge on any atom is 0.417 e. The lowest BCUT2D eigenvalue weighted by atomic mass is 10.1. The fourth-order valence-electron chi connectivity index (χ4n) is 2.74. The number of fused-ring (bicyclic) bond motifs is 5. The molecule has 5 rings (SSSR count). The van der Waals surface area contributed by atoms with E-state index in [4.69, 9.17) is 0 Å². The summed E-state index contributed by atoms with van der Waals surface area (Å²) >= 11 is 2.49. The minimum atomic E-state index is -4.51. The summed E-state index contributed by atoms with van der Waals surface area (Å²) in [5.74, 6) is 0. The summed E-state index contributed by atoms with van der Waals surface area (Å²) in [6.45, 7) is 0. The van der Waals surface area contributed by atoms with E-state index in [0.717, 1.165) is 17.4 Å². The molecule has 0 aliphatic carbocycles. The number of aromatic nitrogens is 5. The zero-order valence-electron chi connectivity index (χ0n) is 12.2. The summed E-state index contributed by atoms with van der Waals surface area (Å²) in [5, 5.41) is 5.80. The minimum Gasteiger partial charge on any atom is -0.236 e. The quantitative estimate of drug-likeness (QED) is 0.427. The second-order valence-electron chi connectivity index (χ2n) is 5.26. The molecule has 10 heteroatoms. The van der Waals surface area contributed by atoms with Crippen LogP contribution in [0.5, 0.6) is 0 Å². The Morgan fingerprint density at radius 3 is 2.80 bits per heavy atom. The van der Waals surface area contributed by atoms with Crippen LogP contribution in [0.1, 0.15) is 5.56 Å². The van der Waals surface area contributed by atoms with Crippen LogP contribution in [-0.4, -0.2) is 24.6 Å². The molecule has 124 valence electrons. The van der Waals surface area contributed by atoms with Gasteiger partial charge in [-0.3, -0.25) is 0 Å². The van der Waals surface area contributed by atoms with Gasteiger partial charge in [-0.05, 0) is 17.5 Å². The van der Waals surface area contributed by atoms with Crippen LogP contribution in [-0.2, 0) is 6.18 Å². The van der Waals surface area contributed by atoms with Gasteiger partial charge in [-0.1, -0.05) is 6.07 Å². The van der Waals surface area contributed by atoms with Gasteiger partial charge in [-0.25, -0.2) is 19.5 Å². The van der Waals surface area contributed by atoms with Crippen molar-refractivity contribution in [1.29, 1.82) is 0 Å². The van der Waals surface area contributed by atoms with E-state index in [1.165, 1.54) is 28.5 Å². The summed E-state index contributed by atoms with van der Waals surface area (Å²) in [7, 11) is 0. The molecule has 5 nitrogen and oxygen atoms in total. The molecule has 0 bridgehead atoms. The van der Waals surface area contributed by atoms with Crippen molar-refractivity contribution in [3.8, 4) is 10.6 Å². The first-order valence-electron chi connectivity index (χ1n) is 7.05. The minimum absolute atomic E-state index is 0.0123. The van der Waals surface area contributed by atoms with Crippen LogP contribution in [0.25, 0.3) is 36.7 Å². The first kappa shape index (κ1) is 14.7. The molecule has 0 aliphatic heterocycles. The van der Waals surface area contributed by atoms with Crippen molar-refractivity contribution >= 4 is 48.8 Å². The molecule has 0 unspecified atom stereocenters. The number of hydrogen-bond acceptors (Lipinski definition) is 6. The molecular formula is C15H6F3N5S2. The van der Waals surface area contributed by atoms with Crippen molar-refractivity contribution in [2.45, 2.75) is 6.18 Å². The maximum absolute atomic E-state index is 13.7. The lowest BCUT2D eigenvalue weighted by Crippen LogP contribution is -2.06. The average molecular weight is 377 g/mol. The number of thiophene rings is 2. The van der Waals surface area contributed by atoms with Crippen molar-refractivity contribution in [3.63, 3.8) is 0 Å². The van der Waals surface area contributed by atoms with Crippen LogP contribution in [0.4, 0.5) is 13.2 Å². The van der Waals surface area contributed by atoms with Crippen LogP contribution < -0.4 is 0 Å². The summed E-state index contributed by atoms with van der Waals surface area (Å²) in [4.78, 5) is 13.7. The Morgan fingerprint density at radius 1 is 1.16 bits per heavy atom. The Balaban J connectivity index is 1.96. The smallest absolute Gasteiger partial charge is 0.236 e. The Morgan fingerprint density at radius 2 is 2.04 bits per heavy atom. The van der Waals surface area contributed by atoms with Gasteiger partial charge in [-0.2, -0.15) is 18.3 Å². The summed E-state index contributed by atoms with van der Waals surface area (Å²) in [5.41, 5.74) is 0.291. The average Bonchev–Trinajstić information content (AvgIpc) is 3.30. The molecule has 0 aliphatic rings. The molecule has 25 heavy (non-hydrogen) atoms. The van der Waals surface area contributed by atoms with Gasteiger partial charge in [0.25, 0.3) is 0 Å². The third-order valence-corrected chi connectivity index (χ3v) is 5.75. The second kappa shape index (κ2) is 4.96. The van der Waals surface area contributed by atoms with Gasteiger partial charge < -0.3 is 0 Å². The van der Waals surface area contributed by atoms with Gasteiger partial charge in [0.05, 0.1) is 27.0 Å². The lowest BCUT2D eigenvalue weighted by Gasteiger charge is -2.10. The molecule has 5 heterocycles. The molecule has 0 aromatic carbocycles. The molecule has 0 spiro atoms. The van der Waals surface area contributed by atoms with E-state index in [9.17, 15) is 13.2 Å². The number of halogens is 3. The van der Waals surface area contributed by atoms with E-state index >= 15 is 0 Å². The normalized spacial score (nSPS) is 12.6. The second-order valence-corrected chi connectivity index (χ2v) is 7.21. The van der Waals surface area contributed by atoms with Gasteiger partial charge in [0, 0.05) is 0 Å².